The van der Waals surface area contributed by atoms with E-state index in [0.717, 1.165) is 43.9 Å². The summed E-state index contributed by atoms with van der Waals surface area (Å²) in [5, 5.41) is 17.7. The zero-order valence-corrected chi connectivity index (χ0v) is 19.8. The average molecular weight is 402 g/mol. The van der Waals surface area contributed by atoms with Crippen molar-refractivity contribution in [3.05, 3.63) is 48.3 Å². The number of ether oxygens (including phenoxy) is 1. The summed E-state index contributed by atoms with van der Waals surface area (Å²) < 4.78 is 5.83. The third-order valence-electron chi connectivity index (χ3n) is 4.76. The van der Waals surface area contributed by atoms with Crippen molar-refractivity contribution >= 4 is 6.21 Å². The van der Waals surface area contributed by atoms with Crippen LogP contribution < -0.4 is 4.74 Å². The van der Waals surface area contributed by atoms with Gasteiger partial charge in [-0.15, -0.1) is 6.58 Å². The van der Waals surface area contributed by atoms with Crippen molar-refractivity contribution in [2.75, 3.05) is 0 Å². The predicted octanol–water partition coefficient (Wildman–Crippen LogP) is 8.16. The summed E-state index contributed by atoms with van der Waals surface area (Å²) in [5.41, 5.74) is 1.55. The van der Waals surface area contributed by atoms with Crippen LogP contribution in [0.15, 0.2) is 37.1 Å². The fourth-order valence-electron chi connectivity index (χ4n) is 2.38. The summed E-state index contributed by atoms with van der Waals surface area (Å²) in [6.07, 6.45) is 9.52. The van der Waals surface area contributed by atoms with Crippen LogP contribution in [-0.2, 0) is 5.41 Å². The van der Waals surface area contributed by atoms with Crippen LogP contribution in [0.4, 0.5) is 0 Å². The lowest BCUT2D eigenvalue weighted by Crippen LogP contribution is -2.12. The summed E-state index contributed by atoms with van der Waals surface area (Å²) in [5.74, 6) is 1.49. The van der Waals surface area contributed by atoms with E-state index in [0.29, 0.717) is 22.5 Å². The van der Waals surface area contributed by atoms with Crippen molar-refractivity contribution in [3.63, 3.8) is 0 Å². The lowest BCUT2D eigenvalue weighted by Gasteiger charge is -2.22. The highest BCUT2D eigenvalue weighted by Gasteiger charge is 2.21. The number of nitrogens with one attached hydrogen (secondary N) is 1. The van der Waals surface area contributed by atoms with Gasteiger partial charge in [0.25, 0.3) is 0 Å². The van der Waals surface area contributed by atoms with Gasteiger partial charge in [0.05, 0.1) is 5.76 Å². The molecule has 3 nitrogen and oxygen atoms in total. The molecule has 1 rings (SSSR count). The van der Waals surface area contributed by atoms with Crippen molar-refractivity contribution in [2.45, 2.75) is 92.4 Å². The van der Waals surface area contributed by atoms with Crippen molar-refractivity contribution in [3.8, 4) is 11.5 Å². The molecule has 2 N–H and O–H groups in total. The fraction of sp³-hybridized carbons (Fsp3) is 0.577. The minimum atomic E-state index is -0.229. The van der Waals surface area contributed by atoms with Crippen molar-refractivity contribution in [1.29, 1.82) is 5.41 Å². The predicted molar refractivity (Wildman–Crippen MR) is 127 cm³/mol. The lowest BCUT2D eigenvalue weighted by molar-refractivity contribution is 0.392. The highest BCUT2D eigenvalue weighted by molar-refractivity contribution is 5.83. The molecule has 0 saturated carbocycles. The third kappa shape index (κ3) is 11.5. The largest absolute Gasteiger partial charge is 0.507 e. The summed E-state index contributed by atoms with van der Waals surface area (Å²) in [4.78, 5) is 0. The second-order valence-electron chi connectivity index (χ2n) is 9.75. The zero-order chi connectivity index (χ0) is 22.7. The van der Waals surface area contributed by atoms with E-state index in [9.17, 15) is 5.11 Å². The quantitative estimate of drug-likeness (QED) is 0.190. The second kappa shape index (κ2) is 12.5. The smallest absolute Gasteiger partial charge is 0.128 e. The van der Waals surface area contributed by atoms with Crippen molar-refractivity contribution < 1.29 is 9.84 Å². The molecular weight excluding hydrogens is 358 g/mol. The summed E-state index contributed by atoms with van der Waals surface area (Å²) >= 11 is 0. The number of benzene rings is 1. The molecule has 0 bridgehead atoms. The van der Waals surface area contributed by atoms with Gasteiger partial charge in [-0.2, -0.15) is 0 Å². The molecule has 0 aliphatic carbocycles. The van der Waals surface area contributed by atoms with Crippen LogP contribution in [0.2, 0.25) is 0 Å². The first-order valence-electron chi connectivity index (χ1n) is 10.7. The van der Waals surface area contributed by atoms with Crippen LogP contribution in [0.1, 0.15) is 98.1 Å². The molecular formula is C26H43NO2. The van der Waals surface area contributed by atoms with E-state index < -0.39 is 0 Å². The minimum absolute atomic E-state index is 0.148. The molecule has 0 aromatic heterocycles. The third-order valence-corrected chi connectivity index (χ3v) is 4.76. The summed E-state index contributed by atoms with van der Waals surface area (Å²) in [6.45, 7) is 22.7. The Hall–Kier alpha value is -2.03. The van der Waals surface area contributed by atoms with E-state index in [1.165, 1.54) is 6.42 Å². The maximum absolute atomic E-state index is 10.3. The Morgan fingerprint density at radius 2 is 1.69 bits per heavy atom. The first kappa shape index (κ1) is 27.0. The van der Waals surface area contributed by atoms with Crippen molar-refractivity contribution in [2.24, 2.45) is 5.41 Å². The van der Waals surface area contributed by atoms with E-state index in [1.54, 1.807) is 6.07 Å². The molecule has 1 aromatic carbocycles. The number of phenols is 1. The number of hydrogen-bond acceptors (Lipinski definition) is 3. The highest BCUT2D eigenvalue weighted by atomic mass is 16.5. The molecule has 0 atom stereocenters. The van der Waals surface area contributed by atoms with Crippen molar-refractivity contribution in [1.82, 2.24) is 0 Å². The number of hydrogen-bond donors (Lipinski definition) is 2. The average Bonchev–Trinajstić information content (AvgIpc) is 2.61. The second-order valence-corrected chi connectivity index (χ2v) is 9.75. The Bertz CT molecular complexity index is 661. The molecule has 0 fully saturated rings. The molecule has 0 heterocycles. The van der Waals surface area contributed by atoms with Gasteiger partial charge in [-0.1, -0.05) is 74.0 Å². The van der Waals surface area contributed by atoms with Gasteiger partial charge in [0.2, 0.25) is 0 Å². The van der Waals surface area contributed by atoms with Crippen LogP contribution in [0.25, 0.3) is 0 Å². The van der Waals surface area contributed by atoms with Gasteiger partial charge in [-0.05, 0) is 42.2 Å². The molecule has 0 amide bonds. The topological polar surface area (TPSA) is 53.3 Å². The molecule has 0 aliphatic heterocycles. The lowest BCUT2D eigenvalue weighted by atomic mass is 9.85. The van der Waals surface area contributed by atoms with E-state index in [4.69, 9.17) is 10.1 Å². The standard InChI is InChI=1S/C20H29NO2.C6H14/c1-6-7-8-9-10-11-15(2)23-17-12-16(14-21)19(22)18(13-17)20(3,4)5;1-5-6(2,3)4/h6,12-14,21-22H,1-2,7-11H2,3-5H3;5H2,1-4H3. The SMILES string of the molecule is C=CCCCCCC(=C)Oc1cc(C=N)c(O)c(C(C)(C)C)c1.CCC(C)(C)C. The van der Waals surface area contributed by atoms with Crippen LogP contribution in [-0.4, -0.2) is 11.3 Å². The Balaban J connectivity index is 0.00000113. The fourth-order valence-corrected chi connectivity index (χ4v) is 2.38. The number of phenolic OH excluding ortho intramolecular Hbond substituents is 1. The van der Waals surface area contributed by atoms with Crippen LogP contribution >= 0.6 is 0 Å². The molecule has 0 saturated heterocycles. The molecule has 29 heavy (non-hydrogen) atoms. The number of aromatic hydroxyl groups is 1. The van der Waals surface area contributed by atoms with E-state index >= 15 is 0 Å². The Morgan fingerprint density at radius 3 is 2.14 bits per heavy atom. The number of unbranched alkanes of at least 4 members (excludes halogenated alkanes) is 3. The highest BCUT2D eigenvalue weighted by Crippen LogP contribution is 2.36. The number of rotatable bonds is 9. The van der Waals surface area contributed by atoms with E-state index in [2.05, 4.69) is 40.9 Å². The normalized spacial score (nSPS) is 11.3. The molecule has 0 unspecified atom stereocenters. The zero-order valence-electron chi connectivity index (χ0n) is 19.8. The first-order valence-corrected chi connectivity index (χ1v) is 10.7. The molecule has 0 spiro atoms. The van der Waals surface area contributed by atoms with Gasteiger partial charge < -0.3 is 15.3 Å². The Kier molecular flexibility index (Phi) is 11.6. The van der Waals surface area contributed by atoms with Crippen LogP contribution in [0.5, 0.6) is 11.5 Å². The Morgan fingerprint density at radius 1 is 1.10 bits per heavy atom. The van der Waals surface area contributed by atoms with Gasteiger partial charge >= 0.3 is 0 Å². The maximum atomic E-state index is 10.3. The van der Waals surface area contributed by atoms with Gasteiger partial charge in [0.15, 0.2) is 0 Å². The van der Waals surface area contributed by atoms with Gasteiger partial charge in [-0.25, -0.2) is 0 Å². The molecule has 164 valence electrons. The first-order chi connectivity index (χ1) is 13.4. The van der Waals surface area contributed by atoms with Crippen LogP contribution in [0, 0.1) is 10.8 Å². The molecule has 3 heteroatoms. The minimum Gasteiger partial charge on any atom is -0.507 e. The molecule has 0 radical (unpaired) electrons. The Labute approximate surface area is 179 Å². The molecule has 1 aromatic rings. The van der Waals surface area contributed by atoms with Gasteiger partial charge in [-0.3, -0.25) is 0 Å². The number of allylic oxidation sites excluding steroid dienone is 2. The van der Waals surface area contributed by atoms with Gasteiger partial charge in [0, 0.05) is 23.8 Å². The molecule has 0 aliphatic rings. The van der Waals surface area contributed by atoms with Crippen LogP contribution in [0.3, 0.4) is 0 Å². The van der Waals surface area contributed by atoms with E-state index in [-0.39, 0.29) is 11.2 Å². The summed E-state index contributed by atoms with van der Waals surface area (Å²) in [7, 11) is 0. The van der Waals surface area contributed by atoms with Gasteiger partial charge in [0.1, 0.15) is 11.5 Å². The maximum Gasteiger partial charge on any atom is 0.128 e. The van der Waals surface area contributed by atoms with E-state index in [1.807, 2.05) is 32.9 Å². The monoisotopic (exact) mass is 401 g/mol. The summed E-state index contributed by atoms with van der Waals surface area (Å²) in [6, 6.07) is 3.52.